The van der Waals surface area contributed by atoms with Gasteiger partial charge in [0.05, 0.1) is 19.9 Å². The SMILES string of the molecule is CNC(=O)[C@@H](c1ccccc1)N1CCc2nc(OC)c(OC)cc2[C@@H]1CCc1ccc(C)cc1. The summed E-state index contributed by atoms with van der Waals surface area (Å²) in [6, 6.07) is 20.3. The molecule has 1 amide bonds. The van der Waals surface area contributed by atoms with Crippen LogP contribution in [0.25, 0.3) is 0 Å². The first-order valence-electron chi connectivity index (χ1n) is 11.7. The van der Waals surface area contributed by atoms with Gasteiger partial charge in [0.15, 0.2) is 5.75 Å². The molecule has 0 aliphatic carbocycles. The van der Waals surface area contributed by atoms with Gasteiger partial charge in [-0.3, -0.25) is 9.69 Å². The topological polar surface area (TPSA) is 63.7 Å². The third-order valence-electron chi connectivity index (χ3n) is 6.62. The fourth-order valence-electron chi connectivity index (χ4n) is 4.83. The van der Waals surface area contributed by atoms with Crippen LogP contribution in [0.2, 0.25) is 0 Å². The van der Waals surface area contributed by atoms with E-state index in [4.69, 9.17) is 14.5 Å². The number of carbonyl (C=O) groups is 1. The van der Waals surface area contributed by atoms with Crippen molar-refractivity contribution in [2.45, 2.75) is 38.3 Å². The fourth-order valence-corrected chi connectivity index (χ4v) is 4.83. The summed E-state index contributed by atoms with van der Waals surface area (Å²) in [6.45, 7) is 2.82. The first-order valence-corrected chi connectivity index (χ1v) is 11.7. The van der Waals surface area contributed by atoms with E-state index < -0.39 is 6.04 Å². The number of amides is 1. The van der Waals surface area contributed by atoms with E-state index in [0.717, 1.165) is 42.6 Å². The van der Waals surface area contributed by atoms with Gasteiger partial charge in [-0.05, 0) is 42.5 Å². The van der Waals surface area contributed by atoms with Gasteiger partial charge in [0.25, 0.3) is 5.88 Å². The van der Waals surface area contributed by atoms with Crippen molar-refractivity contribution in [1.29, 1.82) is 0 Å². The Kier molecular flexibility index (Phi) is 7.48. The molecule has 0 saturated heterocycles. The van der Waals surface area contributed by atoms with E-state index in [1.165, 1.54) is 11.1 Å². The number of ether oxygens (including phenoxy) is 2. The van der Waals surface area contributed by atoms with Crippen LogP contribution in [0.1, 0.15) is 46.5 Å². The molecule has 4 rings (SSSR count). The van der Waals surface area contributed by atoms with E-state index >= 15 is 0 Å². The number of aromatic nitrogens is 1. The number of rotatable bonds is 8. The number of fused-ring (bicyclic) bond motifs is 1. The molecule has 1 aliphatic rings. The highest BCUT2D eigenvalue weighted by molar-refractivity contribution is 5.83. The van der Waals surface area contributed by atoms with Crippen molar-refractivity contribution in [2.24, 2.45) is 0 Å². The second-order valence-corrected chi connectivity index (χ2v) is 8.69. The van der Waals surface area contributed by atoms with Crippen LogP contribution in [0.3, 0.4) is 0 Å². The summed E-state index contributed by atoms with van der Waals surface area (Å²) in [4.78, 5) is 20.3. The van der Waals surface area contributed by atoms with Crippen molar-refractivity contribution in [3.63, 3.8) is 0 Å². The molecule has 0 saturated carbocycles. The van der Waals surface area contributed by atoms with Crippen LogP contribution in [0, 0.1) is 6.92 Å². The Hall–Kier alpha value is -3.38. The smallest absolute Gasteiger partial charge is 0.256 e. The summed E-state index contributed by atoms with van der Waals surface area (Å²) < 4.78 is 11.1. The first-order chi connectivity index (χ1) is 16.5. The summed E-state index contributed by atoms with van der Waals surface area (Å²) in [5.74, 6) is 1.10. The van der Waals surface area contributed by atoms with Crippen LogP contribution >= 0.6 is 0 Å². The molecular formula is C28H33N3O3. The molecule has 0 bridgehead atoms. The van der Waals surface area contributed by atoms with Crippen molar-refractivity contribution in [3.05, 3.63) is 88.6 Å². The molecule has 0 unspecified atom stereocenters. The molecule has 0 spiro atoms. The minimum Gasteiger partial charge on any atom is -0.491 e. The van der Waals surface area contributed by atoms with Gasteiger partial charge in [-0.15, -0.1) is 0 Å². The van der Waals surface area contributed by atoms with Crippen molar-refractivity contribution < 1.29 is 14.3 Å². The zero-order chi connectivity index (χ0) is 24.1. The largest absolute Gasteiger partial charge is 0.491 e. The molecule has 1 aliphatic heterocycles. The van der Waals surface area contributed by atoms with Gasteiger partial charge in [-0.1, -0.05) is 60.2 Å². The molecule has 2 aromatic carbocycles. The summed E-state index contributed by atoms with van der Waals surface area (Å²) in [6.07, 6.45) is 2.48. The highest BCUT2D eigenvalue weighted by atomic mass is 16.5. The van der Waals surface area contributed by atoms with Crippen LogP contribution < -0.4 is 14.8 Å². The molecular weight excluding hydrogens is 426 g/mol. The number of likely N-dealkylation sites (N-methyl/N-ethyl adjacent to an activating group) is 1. The Bertz CT molecular complexity index is 1120. The lowest BCUT2D eigenvalue weighted by Crippen LogP contribution is -2.45. The number of hydrogen-bond acceptors (Lipinski definition) is 5. The quantitative estimate of drug-likeness (QED) is 0.540. The van der Waals surface area contributed by atoms with Gasteiger partial charge in [0.1, 0.15) is 6.04 Å². The third-order valence-corrected chi connectivity index (χ3v) is 6.62. The number of nitrogens with one attached hydrogen (secondary N) is 1. The Morgan fingerprint density at radius 3 is 2.50 bits per heavy atom. The number of pyridine rings is 1. The molecule has 0 radical (unpaired) electrons. The van der Waals surface area contributed by atoms with Crippen LogP contribution in [0.15, 0.2) is 60.7 Å². The molecule has 0 fully saturated rings. The minimum atomic E-state index is -0.393. The van der Waals surface area contributed by atoms with E-state index in [9.17, 15) is 4.79 Å². The standard InChI is InChI=1S/C28H33N3O3/c1-19-10-12-20(13-11-19)14-15-24-22-18-25(33-3)28(34-4)30-23(22)16-17-31(24)26(27(32)29-2)21-8-6-5-7-9-21/h5-13,18,24,26H,14-17H2,1-4H3,(H,29,32)/t24-,26+/m0/s1. The number of nitrogens with zero attached hydrogens (tertiary/aromatic N) is 2. The van der Waals surface area contributed by atoms with Gasteiger partial charge in [0.2, 0.25) is 5.91 Å². The van der Waals surface area contributed by atoms with Crippen molar-refractivity contribution >= 4 is 5.91 Å². The summed E-state index contributed by atoms with van der Waals surface area (Å²) >= 11 is 0. The number of hydrogen-bond donors (Lipinski definition) is 1. The van der Waals surface area contributed by atoms with Gasteiger partial charge >= 0.3 is 0 Å². The third kappa shape index (κ3) is 4.92. The van der Waals surface area contributed by atoms with Gasteiger partial charge in [-0.25, -0.2) is 4.98 Å². The molecule has 1 aromatic heterocycles. The van der Waals surface area contributed by atoms with Gasteiger partial charge in [0, 0.05) is 26.1 Å². The molecule has 2 atom stereocenters. The van der Waals surface area contributed by atoms with Crippen molar-refractivity contribution in [1.82, 2.24) is 15.2 Å². The monoisotopic (exact) mass is 459 g/mol. The Labute approximate surface area is 201 Å². The predicted octanol–water partition coefficient (Wildman–Crippen LogP) is 4.43. The maximum Gasteiger partial charge on any atom is 0.256 e. The molecule has 6 heteroatoms. The predicted molar refractivity (Wildman–Crippen MR) is 133 cm³/mol. The van der Waals surface area contributed by atoms with Crippen molar-refractivity contribution in [3.8, 4) is 11.6 Å². The summed E-state index contributed by atoms with van der Waals surface area (Å²) in [7, 11) is 4.94. The number of aryl methyl sites for hydroxylation is 2. The Balaban J connectivity index is 1.76. The summed E-state index contributed by atoms with van der Waals surface area (Å²) in [5.41, 5.74) is 5.62. The van der Waals surface area contributed by atoms with Crippen LogP contribution in [0.5, 0.6) is 11.6 Å². The number of benzene rings is 2. The van der Waals surface area contributed by atoms with Crippen LogP contribution in [0.4, 0.5) is 0 Å². The Morgan fingerprint density at radius 1 is 1.12 bits per heavy atom. The maximum absolute atomic E-state index is 13.2. The molecule has 6 nitrogen and oxygen atoms in total. The molecule has 3 aromatic rings. The minimum absolute atomic E-state index is 0.000125. The second-order valence-electron chi connectivity index (χ2n) is 8.69. The average molecular weight is 460 g/mol. The van der Waals surface area contributed by atoms with Crippen LogP contribution in [-0.4, -0.2) is 43.6 Å². The highest BCUT2D eigenvalue weighted by Crippen LogP contribution is 2.41. The molecule has 2 heterocycles. The lowest BCUT2D eigenvalue weighted by Gasteiger charge is -2.41. The van der Waals surface area contributed by atoms with E-state index in [-0.39, 0.29) is 11.9 Å². The number of carbonyl (C=O) groups excluding carboxylic acids is 1. The van der Waals surface area contributed by atoms with E-state index in [0.29, 0.717) is 11.6 Å². The second kappa shape index (κ2) is 10.7. The Morgan fingerprint density at radius 2 is 1.85 bits per heavy atom. The van der Waals surface area contributed by atoms with E-state index in [1.54, 1.807) is 21.3 Å². The fraction of sp³-hybridized carbons (Fsp3) is 0.357. The van der Waals surface area contributed by atoms with Gasteiger partial charge < -0.3 is 14.8 Å². The number of methoxy groups -OCH3 is 2. The average Bonchev–Trinajstić information content (AvgIpc) is 2.88. The summed E-state index contributed by atoms with van der Waals surface area (Å²) in [5, 5.41) is 2.89. The zero-order valence-electron chi connectivity index (χ0n) is 20.4. The highest BCUT2D eigenvalue weighted by Gasteiger charge is 2.37. The van der Waals surface area contributed by atoms with E-state index in [2.05, 4.69) is 41.4 Å². The lowest BCUT2D eigenvalue weighted by molar-refractivity contribution is -0.127. The lowest BCUT2D eigenvalue weighted by atomic mass is 9.88. The van der Waals surface area contributed by atoms with Crippen molar-refractivity contribution in [2.75, 3.05) is 27.8 Å². The zero-order valence-corrected chi connectivity index (χ0v) is 20.4. The molecule has 1 N–H and O–H groups in total. The van der Waals surface area contributed by atoms with Gasteiger partial charge in [-0.2, -0.15) is 0 Å². The normalized spacial score (nSPS) is 16.4. The van der Waals surface area contributed by atoms with E-state index in [1.807, 2.05) is 36.4 Å². The molecule has 34 heavy (non-hydrogen) atoms. The maximum atomic E-state index is 13.2. The molecule has 178 valence electrons. The van der Waals surface area contributed by atoms with Crippen LogP contribution in [-0.2, 0) is 17.6 Å². The first kappa shape index (κ1) is 23.8.